The van der Waals surface area contributed by atoms with E-state index in [9.17, 15) is 0 Å². The van der Waals surface area contributed by atoms with Crippen LogP contribution in [0.25, 0.3) is 12.2 Å². The topological polar surface area (TPSA) is 0 Å². The molecule has 0 unspecified atom stereocenters. The number of rotatable bonds is 1. The first-order chi connectivity index (χ1) is 7.77. The van der Waals surface area contributed by atoms with Crippen LogP contribution in [0.2, 0.25) is 0 Å². The van der Waals surface area contributed by atoms with E-state index >= 15 is 0 Å². The van der Waals surface area contributed by atoms with Crippen LogP contribution in [0.4, 0.5) is 0 Å². The summed E-state index contributed by atoms with van der Waals surface area (Å²) in [5, 5.41) is 2.70. The summed E-state index contributed by atoms with van der Waals surface area (Å²) in [5.74, 6) is 0.650. The van der Waals surface area contributed by atoms with Gasteiger partial charge in [-0.05, 0) is 22.8 Å². The summed E-state index contributed by atoms with van der Waals surface area (Å²) in [6, 6.07) is 8.55. The van der Waals surface area contributed by atoms with Crippen LogP contribution in [0.15, 0.2) is 35.9 Å². The zero-order valence-electron chi connectivity index (χ0n) is 10.8. The van der Waals surface area contributed by atoms with Gasteiger partial charge in [0.25, 0.3) is 0 Å². The average Bonchev–Trinajstić information content (AvgIpc) is 2.54. The van der Waals surface area contributed by atoms with E-state index < -0.39 is 0 Å². The number of hydrogen-bond donors (Lipinski definition) is 0. The van der Waals surface area contributed by atoms with Crippen LogP contribution < -0.4 is 10.4 Å². The first-order valence-electron chi connectivity index (χ1n) is 6.23. The van der Waals surface area contributed by atoms with Crippen molar-refractivity contribution in [3.63, 3.8) is 0 Å². The third kappa shape index (κ3) is 3.10. The van der Waals surface area contributed by atoms with Crippen LogP contribution >= 0.6 is 0 Å². The van der Waals surface area contributed by atoms with Crippen molar-refractivity contribution in [1.82, 2.24) is 0 Å². The standard InChI is InChI=1S/C14H16.C2H6/c1-11(2)12-7-9-13-5-3-4-6-14(13)10-8-12;1-2/h3-7,9-11H,8H2,1-2H3;1-2H3. The van der Waals surface area contributed by atoms with Gasteiger partial charge in [0.05, 0.1) is 0 Å². The average molecular weight is 214 g/mol. The van der Waals surface area contributed by atoms with E-state index in [0.717, 1.165) is 6.42 Å². The van der Waals surface area contributed by atoms with Gasteiger partial charge in [-0.1, -0.05) is 75.8 Å². The molecule has 1 aliphatic rings. The lowest BCUT2D eigenvalue weighted by molar-refractivity contribution is 0.755. The second-order valence-corrected chi connectivity index (χ2v) is 4.10. The van der Waals surface area contributed by atoms with Crippen LogP contribution in [0, 0.1) is 5.92 Å². The van der Waals surface area contributed by atoms with E-state index in [4.69, 9.17) is 0 Å². The Kier molecular flexibility index (Phi) is 5.04. The third-order valence-electron chi connectivity index (χ3n) is 2.77. The van der Waals surface area contributed by atoms with E-state index in [-0.39, 0.29) is 0 Å². The molecule has 1 aromatic carbocycles. The van der Waals surface area contributed by atoms with Gasteiger partial charge in [0.2, 0.25) is 0 Å². The van der Waals surface area contributed by atoms with Crippen molar-refractivity contribution >= 4 is 12.2 Å². The smallest absolute Gasteiger partial charge is 0.0124 e. The summed E-state index contributed by atoms with van der Waals surface area (Å²) in [6.07, 6.45) is 7.91. The van der Waals surface area contributed by atoms with Crippen molar-refractivity contribution in [2.24, 2.45) is 5.92 Å². The second kappa shape index (κ2) is 6.32. The van der Waals surface area contributed by atoms with Gasteiger partial charge in [0.1, 0.15) is 0 Å². The van der Waals surface area contributed by atoms with Gasteiger partial charge >= 0.3 is 0 Å². The van der Waals surface area contributed by atoms with E-state index in [1.165, 1.54) is 16.0 Å². The van der Waals surface area contributed by atoms with Gasteiger partial charge in [-0.25, -0.2) is 0 Å². The maximum Gasteiger partial charge on any atom is -0.0124 e. The molecule has 0 saturated heterocycles. The highest BCUT2D eigenvalue weighted by Crippen LogP contribution is 2.15. The molecule has 1 aromatic rings. The molecule has 0 fully saturated rings. The monoisotopic (exact) mass is 214 g/mol. The zero-order valence-corrected chi connectivity index (χ0v) is 10.8. The van der Waals surface area contributed by atoms with E-state index in [2.05, 4.69) is 56.3 Å². The summed E-state index contributed by atoms with van der Waals surface area (Å²) in [4.78, 5) is 0. The fraction of sp³-hybridized carbons (Fsp3) is 0.375. The molecule has 0 bridgehead atoms. The highest BCUT2D eigenvalue weighted by molar-refractivity contribution is 5.47. The maximum absolute atomic E-state index is 2.32. The second-order valence-electron chi connectivity index (χ2n) is 4.10. The van der Waals surface area contributed by atoms with E-state index in [0.29, 0.717) is 5.92 Å². The van der Waals surface area contributed by atoms with Crippen molar-refractivity contribution in [1.29, 1.82) is 0 Å². The predicted molar refractivity (Wildman–Crippen MR) is 73.5 cm³/mol. The van der Waals surface area contributed by atoms with Gasteiger partial charge in [-0.15, -0.1) is 0 Å². The van der Waals surface area contributed by atoms with Crippen LogP contribution in [0.1, 0.15) is 34.1 Å². The Morgan fingerprint density at radius 3 is 2.19 bits per heavy atom. The molecule has 0 heterocycles. The molecule has 16 heavy (non-hydrogen) atoms. The first-order valence-corrected chi connectivity index (χ1v) is 6.23. The van der Waals surface area contributed by atoms with Crippen LogP contribution in [0.5, 0.6) is 0 Å². The first kappa shape index (κ1) is 12.8. The molecule has 86 valence electrons. The molecule has 0 amide bonds. The maximum atomic E-state index is 2.32. The normalized spacial score (nSPS) is 13.4. The minimum atomic E-state index is 0.650. The summed E-state index contributed by atoms with van der Waals surface area (Å²) in [7, 11) is 0. The number of benzene rings is 1. The van der Waals surface area contributed by atoms with Crippen LogP contribution in [-0.2, 0) is 0 Å². The molecule has 0 aromatic heterocycles. The van der Waals surface area contributed by atoms with Crippen molar-refractivity contribution in [2.75, 3.05) is 0 Å². The quantitative estimate of drug-likeness (QED) is 0.673. The van der Waals surface area contributed by atoms with Gasteiger partial charge in [-0.2, -0.15) is 0 Å². The third-order valence-corrected chi connectivity index (χ3v) is 2.77. The molecular weight excluding hydrogens is 192 g/mol. The number of allylic oxidation sites excluding steroid dienone is 2. The lowest BCUT2D eigenvalue weighted by Gasteiger charge is -2.06. The molecule has 0 radical (unpaired) electrons. The Hall–Kier alpha value is -1.30. The Balaban J connectivity index is 0.000000606. The molecule has 0 heteroatoms. The summed E-state index contributed by atoms with van der Waals surface area (Å²) in [6.45, 7) is 8.51. The predicted octanol–water partition coefficient (Wildman–Crippen LogP) is 3.26. The van der Waals surface area contributed by atoms with Gasteiger partial charge in [0.15, 0.2) is 0 Å². The Morgan fingerprint density at radius 1 is 0.938 bits per heavy atom. The minimum Gasteiger partial charge on any atom is -0.0726 e. The Bertz CT molecular complexity index is 461. The molecule has 2 rings (SSSR count). The highest BCUT2D eigenvalue weighted by atomic mass is 14.1. The fourth-order valence-corrected chi connectivity index (χ4v) is 1.77. The van der Waals surface area contributed by atoms with Crippen molar-refractivity contribution in [2.45, 2.75) is 34.1 Å². The number of fused-ring (bicyclic) bond motifs is 1. The molecule has 0 spiro atoms. The van der Waals surface area contributed by atoms with Crippen molar-refractivity contribution < 1.29 is 0 Å². The molecule has 1 aliphatic carbocycles. The zero-order chi connectivity index (χ0) is 12.0. The van der Waals surface area contributed by atoms with Crippen LogP contribution in [0.3, 0.4) is 0 Å². The van der Waals surface area contributed by atoms with Gasteiger partial charge < -0.3 is 0 Å². The van der Waals surface area contributed by atoms with Crippen molar-refractivity contribution in [3.05, 3.63) is 46.4 Å². The fourth-order valence-electron chi connectivity index (χ4n) is 1.77. The SMILES string of the molecule is CC.CC(C)C1=CC=c2ccccc2=CC1. The number of hydrogen-bond acceptors (Lipinski definition) is 0. The molecule has 0 N–H and O–H groups in total. The summed E-state index contributed by atoms with van der Waals surface area (Å²) >= 11 is 0. The molecule has 0 saturated carbocycles. The van der Waals surface area contributed by atoms with E-state index in [1.807, 2.05) is 13.8 Å². The Morgan fingerprint density at radius 2 is 1.56 bits per heavy atom. The lowest BCUT2D eigenvalue weighted by Crippen LogP contribution is -2.22. The minimum absolute atomic E-state index is 0.650. The largest absolute Gasteiger partial charge is 0.0726 e. The van der Waals surface area contributed by atoms with Crippen molar-refractivity contribution in [3.8, 4) is 0 Å². The van der Waals surface area contributed by atoms with Gasteiger partial charge in [0, 0.05) is 0 Å². The van der Waals surface area contributed by atoms with E-state index in [1.54, 1.807) is 0 Å². The molecule has 0 aliphatic heterocycles. The molecule has 0 nitrogen and oxygen atoms in total. The van der Waals surface area contributed by atoms with Gasteiger partial charge in [-0.3, -0.25) is 0 Å². The molecular formula is C16H22. The lowest BCUT2D eigenvalue weighted by atomic mass is 10.00. The summed E-state index contributed by atoms with van der Waals surface area (Å²) in [5.41, 5.74) is 1.52. The highest BCUT2D eigenvalue weighted by Gasteiger charge is 2.01. The summed E-state index contributed by atoms with van der Waals surface area (Å²) < 4.78 is 0. The molecule has 0 atom stereocenters. The van der Waals surface area contributed by atoms with Crippen LogP contribution in [-0.4, -0.2) is 0 Å². The Labute approximate surface area is 99.0 Å².